The van der Waals surface area contributed by atoms with E-state index in [9.17, 15) is 0 Å². The third-order valence-corrected chi connectivity index (χ3v) is 3.58. The summed E-state index contributed by atoms with van der Waals surface area (Å²) in [6.45, 7) is 6.82. The van der Waals surface area contributed by atoms with Crippen LogP contribution in [0.15, 0.2) is 18.2 Å². The molecule has 1 aliphatic rings. The summed E-state index contributed by atoms with van der Waals surface area (Å²) in [7, 11) is 1.64. The number of para-hydroxylation sites is 1. The van der Waals surface area contributed by atoms with Gasteiger partial charge in [0.25, 0.3) is 0 Å². The molecule has 20 heavy (non-hydrogen) atoms. The number of hydrogen-bond acceptors (Lipinski definition) is 5. The Morgan fingerprint density at radius 3 is 3.00 bits per heavy atom. The van der Waals surface area contributed by atoms with Crippen molar-refractivity contribution >= 4 is 0 Å². The number of rotatable bonds is 6. The maximum atomic E-state index is 5.93. The van der Waals surface area contributed by atoms with Crippen molar-refractivity contribution in [1.29, 1.82) is 0 Å². The van der Waals surface area contributed by atoms with Crippen molar-refractivity contribution in [2.45, 2.75) is 19.6 Å². The van der Waals surface area contributed by atoms with Crippen molar-refractivity contribution in [2.24, 2.45) is 5.73 Å². The van der Waals surface area contributed by atoms with E-state index in [-0.39, 0.29) is 6.10 Å². The number of nitrogens with two attached hydrogens (primary N) is 1. The van der Waals surface area contributed by atoms with E-state index in [1.165, 1.54) is 0 Å². The first-order chi connectivity index (χ1) is 9.78. The van der Waals surface area contributed by atoms with Gasteiger partial charge in [0.15, 0.2) is 11.5 Å². The smallest absolute Gasteiger partial charge is 0.165 e. The third kappa shape index (κ3) is 3.62. The van der Waals surface area contributed by atoms with E-state index in [0.29, 0.717) is 13.2 Å². The van der Waals surface area contributed by atoms with E-state index in [2.05, 4.69) is 11.8 Å². The van der Waals surface area contributed by atoms with Crippen LogP contribution in [-0.2, 0) is 11.3 Å². The maximum absolute atomic E-state index is 5.93. The molecule has 1 saturated heterocycles. The number of morpholine rings is 1. The zero-order valence-electron chi connectivity index (χ0n) is 12.3. The molecule has 0 aromatic heterocycles. The van der Waals surface area contributed by atoms with Crippen LogP contribution in [0.1, 0.15) is 12.5 Å². The van der Waals surface area contributed by atoms with E-state index in [1.807, 2.05) is 18.2 Å². The normalized spacial score (nSPS) is 19.9. The average Bonchev–Trinajstić information content (AvgIpc) is 2.52. The van der Waals surface area contributed by atoms with Gasteiger partial charge in [0.1, 0.15) is 12.7 Å². The molecule has 1 unspecified atom stereocenters. The predicted octanol–water partition coefficient (Wildman–Crippen LogP) is 1.25. The Bertz CT molecular complexity index is 403. The molecule has 0 amide bonds. The van der Waals surface area contributed by atoms with Crippen molar-refractivity contribution in [3.63, 3.8) is 0 Å². The molecule has 1 aromatic rings. The highest BCUT2D eigenvalue weighted by molar-refractivity contribution is 5.46. The van der Waals surface area contributed by atoms with Gasteiger partial charge in [0, 0.05) is 25.2 Å². The molecular formula is C15H24N2O3. The largest absolute Gasteiger partial charge is 0.493 e. The van der Waals surface area contributed by atoms with Crippen molar-refractivity contribution < 1.29 is 14.2 Å². The standard InChI is InChI=1S/C15H24N2O3/c1-3-17-7-8-19-13(10-17)11-20-15-12(9-16)5-4-6-14(15)18-2/h4-6,13H,3,7-11,16H2,1-2H3. The van der Waals surface area contributed by atoms with Gasteiger partial charge >= 0.3 is 0 Å². The van der Waals surface area contributed by atoms with E-state index in [1.54, 1.807) is 7.11 Å². The second kappa shape index (κ2) is 7.47. The van der Waals surface area contributed by atoms with Gasteiger partial charge in [-0.1, -0.05) is 19.1 Å². The zero-order valence-corrected chi connectivity index (χ0v) is 12.3. The molecular weight excluding hydrogens is 256 g/mol. The topological polar surface area (TPSA) is 57.0 Å². The number of hydrogen-bond donors (Lipinski definition) is 1. The summed E-state index contributed by atoms with van der Waals surface area (Å²) in [5.41, 5.74) is 6.70. The SMILES string of the molecule is CCN1CCOC(COc2c(CN)cccc2OC)C1. The lowest BCUT2D eigenvalue weighted by atomic mass is 10.2. The highest BCUT2D eigenvalue weighted by Crippen LogP contribution is 2.31. The Morgan fingerprint density at radius 1 is 1.45 bits per heavy atom. The van der Waals surface area contributed by atoms with Gasteiger partial charge in [-0.05, 0) is 12.6 Å². The summed E-state index contributed by atoms with van der Waals surface area (Å²) in [4.78, 5) is 2.36. The molecule has 1 fully saturated rings. The quantitative estimate of drug-likeness (QED) is 0.850. The van der Waals surface area contributed by atoms with Gasteiger partial charge in [0.05, 0.1) is 13.7 Å². The van der Waals surface area contributed by atoms with Gasteiger partial charge in [0.2, 0.25) is 0 Å². The van der Waals surface area contributed by atoms with Gasteiger partial charge < -0.3 is 19.9 Å². The fourth-order valence-corrected chi connectivity index (χ4v) is 2.39. The van der Waals surface area contributed by atoms with Crippen LogP contribution in [0, 0.1) is 0 Å². The molecule has 0 bridgehead atoms. The molecule has 0 saturated carbocycles. The minimum absolute atomic E-state index is 0.0965. The molecule has 1 heterocycles. The summed E-state index contributed by atoms with van der Waals surface area (Å²) >= 11 is 0. The molecule has 0 radical (unpaired) electrons. The minimum Gasteiger partial charge on any atom is -0.493 e. The van der Waals surface area contributed by atoms with Crippen LogP contribution in [0.3, 0.4) is 0 Å². The lowest BCUT2D eigenvalue weighted by Gasteiger charge is -2.32. The molecule has 2 N–H and O–H groups in total. The summed E-state index contributed by atoms with van der Waals surface area (Å²) in [5, 5.41) is 0. The lowest BCUT2D eigenvalue weighted by Crippen LogP contribution is -2.44. The second-order valence-electron chi connectivity index (χ2n) is 4.85. The fraction of sp³-hybridized carbons (Fsp3) is 0.600. The van der Waals surface area contributed by atoms with Crippen LogP contribution >= 0.6 is 0 Å². The van der Waals surface area contributed by atoms with Crippen molar-refractivity contribution in [3.8, 4) is 11.5 Å². The van der Waals surface area contributed by atoms with Gasteiger partial charge in [-0.25, -0.2) is 0 Å². The Morgan fingerprint density at radius 2 is 2.30 bits per heavy atom. The van der Waals surface area contributed by atoms with Gasteiger partial charge in [-0.3, -0.25) is 4.90 Å². The maximum Gasteiger partial charge on any atom is 0.165 e. The lowest BCUT2D eigenvalue weighted by molar-refractivity contribution is -0.0467. The average molecular weight is 280 g/mol. The van der Waals surface area contributed by atoms with Crippen molar-refractivity contribution in [1.82, 2.24) is 4.90 Å². The number of nitrogens with zero attached hydrogens (tertiary/aromatic N) is 1. The van der Waals surface area contributed by atoms with E-state index < -0.39 is 0 Å². The third-order valence-electron chi connectivity index (χ3n) is 3.58. The van der Waals surface area contributed by atoms with Crippen LogP contribution in [0.5, 0.6) is 11.5 Å². The Hall–Kier alpha value is -1.30. The highest BCUT2D eigenvalue weighted by atomic mass is 16.5. The summed E-state index contributed by atoms with van der Waals surface area (Å²) in [5.74, 6) is 1.45. The second-order valence-corrected chi connectivity index (χ2v) is 4.85. The first-order valence-corrected chi connectivity index (χ1v) is 7.11. The number of ether oxygens (including phenoxy) is 3. The number of likely N-dealkylation sites (N-methyl/N-ethyl adjacent to an activating group) is 1. The first kappa shape index (κ1) is 15.1. The van der Waals surface area contributed by atoms with Crippen LogP contribution in [0.25, 0.3) is 0 Å². The monoisotopic (exact) mass is 280 g/mol. The van der Waals surface area contributed by atoms with Crippen molar-refractivity contribution in [3.05, 3.63) is 23.8 Å². The predicted molar refractivity (Wildman–Crippen MR) is 78.2 cm³/mol. The van der Waals surface area contributed by atoms with E-state index in [0.717, 1.165) is 43.3 Å². The molecule has 1 aliphatic heterocycles. The first-order valence-electron chi connectivity index (χ1n) is 7.11. The molecule has 0 spiro atoms. The van der Waals surface area contributed by atoms with Gasteiger partial charge in [-0.15, -0.1) is 0 Å². The number of methoxy groups -OCH3 is 1. The van der Waals surface area contributed by atoms with Crippen LogP contribution in [-0.4, -0.2) is 51.0 Å². The van der Waals surface area contributed by atoms with Crippen LogP contribution < -0.4 is 15.2 Å². The summed E-state index contributed by atoms with van der Waals surface area (Å²) in [6, 6.07) is 5.76. The zero-order chi connectivity index (χ0) is 14.4. The summed E-state index contributed by atoms with van der Waals surface area (Å²) in [6.07, 6.45) is 0.0965. The van der Waals surface area contributed by atoms with E-state index in [4.69, 9.17) is 19.9 Å². The minimum atomic E-state index is 0.0965. The molecule has 1 aromatic carbocycles. The molecule has 1 atom stereocenters. The molecule has 0 aliphatic carbocycles. The van der Waals surface area contributed by atoms with Crippen LogP contribution in [0.4, 0.5) is 0 Å². The van der Waals surface area contributed by atoms with E-state index >= 15 is 0 Å². The number of benzene rings is 1. The van der Waals surface area contributed by atoms with Gasteiger partial charge in [-0.2, -0.15) is 0 Å². The molecule has 5 heteroatoms. The fourth-order valence-electron chi connectivity index (χ4n) is 2.39. The summed E-state index contributed by atoms with van der Waals surface area (Å²) < 4.78 is 17.0. The van der Waals surface area contributed by atoms with Crippen molar-refractivity contribution in [2.75, 3.05) is 40.0 Å². The van der Waals surface area contributed by atoms with Crippen LogP contribution in [0.2, 0.25) is 0 Å². The Kier molecular flexibility index (Phi) is 5.64. The molecule has 112 valence electrons. The highest BCUT2D eigenvalue weighted by Gasteiger charge is 2.21. The Labute approximate surface area is 120 Å². The molecule has 5 nitrogen and oxygen atoms in total. The molecule has 2 rings (SSSR count). The Balaban J connectivity index is 1.99.